The Morgan fingerprint density at radius 2 is 1.89 bits per heavy atom. The summed E-state index contributed by atoms with van der Waals surface area (Å²) in [5.74, 6) is 0.126. The summed E-state index contributed by atoms with van der Waals surface area (Å²) in [5.41, 5.74) is 1.32. The van der Waals surface area contributed by atoms with E-state index in [1.165, 1.54) is 12.8 Å². The molecule has 2 aliphatic carbocycles. The van der Waals surface area contributed by atoms with Gasteiger partial charge in [-0.1, -0.05) is 18.2 Å². The summed E-state index contributed by atoms with van der Waals surface area (Å²) < 4.78 is 5.53. The van der Waals surface area contributed by atoms with Gasteiger partial charge in [0.15, 0.2) is 0 Å². The Morgan fingerprint density at radius 1 is 1.11 bits per heavy atom. The third kappa shape index (κ3) is 4.35. The van der Waals surface area contributed by atoms with Crippen molar-refractivity contribution in [1.29, 1.82) is 0 Å². The Bertz CT molecular complexity index is 758. The highest BCUT2D eigenvalue weighted by Crippen LogP contribution is 2.41. The third-order valence-electron chi connectivity index (χ3n) is 5.45. The van der Waals surface area contributed by atoms with Crippen molar-refractivity contribution in [1.82, 2.24) is 15.5 Å². The van der Waals surface area contributed by atoms with Gasteiger partial charge in [0.05, 0.1) is 6.54 Å². The maximum absolute atomic E-state index is 12.8. The summed E-state index contributed by atoms with van der Waals surface area (Å²) in [6, 6.07) is 6.71. The zero-order chi connectivity index (χ0) is 19.5. The van der Waals surface area contributed by atoms with Gasteiger partial charge in [0, 0.05) is 31.4 Å². The number of amides is 3. The summed E-state index contributed by atoms with van der Waals surface area (Å²) >= 11 is 0. The Labute approximate surface area is 164 Å². The van der Waals surface area contributed by atoms with Gasteiger partial charge in [0.1, 0.15) is 6.04 Å². The number of ether oxygens (including phenoxy) is 1. The fourth-order valence-corrected chi connectivity index (χ4v) is 3.60. The second-order valence-corrected chi connectivity index (χ2v) is 7.87. The monoisotopic (exact) mass is 385 g/mol. The van der Waals surface area contributed by atoms with Gasteiger partial charge in [-0.2, -0.15) is 0 Å². The average Bonchev–Trinajstić information content (AvgIpc) is 3.62. The number of rotatable bonds is 10. The van der Waals surface area contributed by atoms with Gasteiger partial charge in [0.2, 0.25) is 11.8 Å². The lowest BCUT2D eigenvalue weighted by Gasteiger charge is -2.24. The zero-order valence-corrected chi connectivity index (χ0v) is 16.0. The highest BCUT2D eigenvalue weighted by atomic mass is 16.5. The van der Waals surface area contributed by atoms with Crippen LogP contribution < -0.4 is 10.6 Å². The molecule has 1 atom stereocenters. The topological polar surface area (TPSA) is 87.7 Å². The Kier molecular flexibility index (Phi) is 5.62. The van der Waals surface area contributed by atoms with E-state index in [1.54, 1.807) is 11.0 Å². The molecule has 7 heteroatoms. The van der Waals surface area contributed by atoms with Crippen LogP contribution in [0.5, 0.6) is 0 Å². The molecule has 0 aromatic heterocycles. The normalized spacial score (nSPS) is 20.8. The molecule has 2 N–H and O–H groups in total. The highest BCUT2D eigenvalue weighted by molar-refractivity contribution is 6.05. The van der Waals surface area contributed by atoms with Crippen molar-refractivity contribution in [2.45, 2.75) is 44.2 Å². The zero-order valence-electron chi connectivity index (χ0n) is 16.0. The first-order chi connectivity index (χ1) is 13.6. The van der Waals surface area contributed by atoms with E-state index in [0.29, 0.717) is 18.7 Å². The molecule has 1 aromatic carbocycles. The van der Waals surface area contributed by atoms with Crippen LogP contribution in [0.1, 0.15) is 54.1 Å². The minimum Gasteiger partial charge on any atom is -0.381 e. The van der Waals surface area contributed by atoms with E-state index >= 15 is 0 Å². The van der Waals surface area contributed by atoms with Gasteiger partial charge in [-0.05, 0) is 49.7 Å². The molecular weight excluding hydrogens is 358 g/mol. The fourth-order valence-electron chi connectivity index (χ4n) is 3.60. The van der Waals surface area contributed by atoms with Crippen LogP contribution in [0.3, 0.4) is 0 Å². The van der Waals surface area contributed by atoms with Crippen molar-refractivity contribution in [2.24, 2.45) is 5.92 Å². The molecule has 1 unspecified atom stereocenters. The SMILES string of the molecule is O=C(CNC(=O)C1c2ccccc2C(=O)N1C1CC1)NCCCOCC1CC1. The van der Waals surface area contributed by atoms with Crippen molar-refractivity contribution in [2.75, 3.05) is 26.3 Å². The maximum Gasteiger partial charge on any atom is 0.255 e. The standard InChI is InChI=1S/C21H27N3O4/c25-18(22-10-3-11-28-13-14-6-7-14)12-23-20(26)19-16-4-1-2-5-17(16)21(27)24(19)15-8-9-15/h1-2,4-5,14-15,19H,3,6-13H2,(H,22,25)(H,23,26). The lowest BCUT2D eigenvalue weighted by Crippen LogP contribution is -2.44. The van der Waals surface area contributed by atoms with Crippen molar-refractivity contribution in [3.63, 3.8) is 0 Å². The van der Waals surface area contributed by atoms with Crippen LogP contribution in [0.15, 0.2) is 24.3 Å². The molecule has 1 aromatic rings. The third-order valence-corrected chi connectivity index (χ3v) is 5.45. The fraction of sp³-hybridized carbons (Fsp3) is 0.571. The van der Waals surface area contributed by atoms with E-state index in [4.69, 9.17) is 4.74 Å². The summed E-state index contributed by atoms with van der Waals surface area (Å²) in [6.07, 6.45) is 5.14. The van der Waals surface area contributed by atoms with E-state index in [9.17, 15) is 14.4 Å². The van der Waals surface area contributed by atoms with Gasteiger partial charge in [-0.25, -0.2) is 0 Å². The van der Waals surface area contributed by atoms with Crippen LogP contribution in [-0.4, -0.2) is 55.0 Å². The first-order valence-electron chi connectivity index (χ1n) is 10.2. The summed E-state index contributed by atoms with van der Waals surface area (Å²) in [6.45, 7) is 1.90. The van der Waals surface area contributed by atoms with Crippen molar-refractivity contribution in [3.05, 3.63) is 35.4 Å². The maximum atomic E-state index is 12.8. The van der Waals surface area contributed by atoms with Crippen LogP contribution in [-0.2, 0) is 14.3 Å². The molecule has 3 aliphatic rings. The number of fused-ring (bicyclic) bond motifs is 1. The van der Waals surface area contributed by atoms with E-state index in [-0.39, 0.29) is 30.3 Å². The van der Waals surface area contributed by atoms with E-state index < -0.39 is 6.04 Å². The van der Waals surface area contributed by atoms with Crippen LogP contribution in [0.25, 0.3) is 0 Å². The second kappa shape index (κ2) is 8.31. The average molecular weight is 385 g/mol. The molecule has 3 amide bonds. The molecule has 1 heterocycles. The molecule has 2 fully saturated rings. The van der Waals surface area contributed by atoms with E-state index in [1.807, 2.05) is 18.2 Å². The number of nitrogens with zero attached hydrogens (tertiary/aromatic N) is 1. The van der Waals surface area contributed by atoms with Gasteiger partial charge in [0.25, 0.3) is 5.91 Å². The van der Waals surface area contributed by atoms with Crippen LogP contribution >= 0.6 is 0 Å². The number of benzene rings is 1. The lowest BCUT2D eigenvalue weighted by atomic mass is 10.0. The molecule has 0 bridgehead atoms. The molecule has 0 spiro atoms. The Balaban J connectivity index is 1.23. The quantitative estimate of drug-likeness (QED) is 0.596. The minimum atomic E-state index is -0.639. The number of hydrogen-bond acceptors (Lipinski definition) is 4. The molecular formula is C21H27N3O4. The molecule has 1 aliphatic heterocycles. The van der Waals surface area contributed by atoms with Crippen molar-refractivity contribution in [3.8, 4) is 0 Å². The summed E-state index contributed by atoms with van der Waals surface area (Å²) in [7, 11) is 0. The molecule has 0 saturated heterocycles. The Hall–Kier alpha value is -2.41. The van der Waals surface area contributed by atoms with Crippen LogP contribution in [0.4, 0.5) is 0 Å². The van der Waals surface area contributed by atoms with E-state index in [0.717, 1.165) is 37.4 Å². The molecule has 4 rings (SSSR count). The number of carbonyl (C=O) groups excluding carboxylic acids is 3. The van der Waals surface area contributed by atoms with Gasteiger partial charge < -0.3 is 20.3 Å². The molecule has 0 radical (unpaired) electrons. The molecule has 7 nitrogen and oxygen atoms in total. The number of nitrogens with one attached hydrogen (secondary N) is 2. The van der Waals surface area contributed by atoms with Gasteiger partial charge in [-0.15, -0.1) is 0 Å². The van der Waals surface area contributed by atoms with Crippen LogP contribution in [0.2, 0.25) is 0 Å². The first-order valence-corrected chi connectivity index (χ1v) is 10.2. The van der Waals surface area contributed by atoms with Crippen molar-refractivity contribution < 1.29 is 19.1 Å². The molecule has 150 valence electrons. The van der Waals surface area contributed by atoms with E-state index in [2.05, 4.69) is 10.6 Å². The molecule has 2 saturated carbocycles. The minimum absolute atomic E-state index is 0.0890. The Morgan fingerprint density at radius 3 is 2.64 bits per heavy atom. The first kappa shape index (κ1) is 18.9. The number of hydrogen-bond donors (Lipinski definition) is 2. The number of carbonyl (C=O) groups is 3. The van der Waals surface area contributed by atoms with Crippen molar-refractivity contribution >= 4 is 17.7 Å². The van der Waals surface area contributed by atoms with Crippen LogP contribution in [0, 0.1) is 5.92 Å². The predicted octanol–water partition coefficient (Wildman–Crippen LogP) is 1.39. The highest BCUT2D eigenvalue weighted by Gasteiger charge is 2.47. The van der Waals surface area contributed by atoms with Gasteiger partial charge in [-0.3, -0.25) is 14.4 Å². The smallest absolute Gasteiger partial charge is 0.255 e. The summed E-state index contributed by atoms with van der Waals surface area (Å²) in [4.78, 5) is 39.1. The lowest BCUT2D eigenvalue weighted by molar-refractivity contribution is -0.129. The second-order valence-electron chi connectivity index (χ2n) is 7.87. The predicted molar refractivity (Wildman–Crippen MR) is 103 cm³/mol. The molecule has 28 heavy (non-hydrogen) atoms. The van der Waals surface area contributed by atoms with Gasteiger partial charge >= 0.3 is 0 Å². The summed E-state index contributed by atoms with van der Waals surface area (Å²) in [5, 5.41) is 5.49. The largest absolute Gasteiger partial charge is 0.381 e.